The second kappa shape index (κ2) is 5.45. The van der Waals surface area contributed by atoms with E-state index < -0.39 is 0 Å². The van der Waals surface area contributed by atoms with Gasteiger partial charge in [0.05, 0.1) is 17.8 Å². The summed E-state index contributed by atoms with van der Waals surface area (Å²) in [7, 11) is 0. The van der Waals surface area contributed by atoms with Gasteiger partial charge in [-0.05, 0) is 0 Å². The minimum Gasteiger partial charge on any atom is -0.409 e. The molecule has 0 fully saturated rings. The lowest BCUT2D eigenvalue weighted by Crippen LogP contribution is -2.33. The quantitative estimate of drug-likeness (QED) is 0.871. The van der Waals surface area contributed by atoms with Crippen LogP contribution >= 0.6 is 23.1 Å². The fourth-order valence-electron chi connectivity index (χ4n) is 2.15. The molecule has 4 rings (SSSR count). The lowest BCUT2D eigenvalue weighted by molar-refractivity contribution is 0.466. The lowest BCUT2D eigenvalue weighted by Gasteiger charge is -2.13. The number of aliphatic imine (C=N–C) groups is 1. The highest BCUT2D eigenvalue weighted by Gasteiger charge is 2.25. The molecule has 0 amide bonds. The van der Waals surface area contributed by atoms with Crippen LogP contribution in [0.3, 0.4) is 0 Å². The number of fused-ring (bicyclic) bond motifs is 1. The van der Waals surface area contributed by atoms with E-state index in [0.29, 0.717) is 16.9 Å². The Balaban J connectivity index is 1.39. The zero-order chi connectivity index (χ0) is 14.1. The monoisotopic (exact) mass is 317 g/mol. The van der Waals surface area contributed by atoms with Crippen LogP contribution in [0.1, 0.15) is 0 Å². The van der Waals surface area contributed by atoms with E-state index in [9.17, 15) is 0 Å². The van der Waals surface area contributed by atoms with Crippen LogP contribution in [0.2, 0.25) is 0 Å². The standard InChI is InChI=1S/C13H11N5OS2/c1-2-4-9-8(3-1)15-10(16-9)7-21-13-18-17-11(19-13)12-14-5-6-20-12/h1-6,8-9H,7H2,(H,15,16). The lowest BCUT2D eigenvalue weighted by atomic mass is 10.1. The molecule has 2 aliphatic rings. The molecule has 1 aliphatic heterocycles. The summed E-state index contributed by atoms with van der Waals surface area (Å²) in [6, 6.07) is 0.485. The number of thiazole rings is 1. The first-order valence-corrected chi connectivity index (χ1v) is 8.29. The van der Waals surface area contributed by atoms with Gasteiger partial charge in [0.25, 0.3) is 11.1 Å². The van der Waals surface area contributed by atoms with Crippen molar-refractivity contribution in [3.8, 4) is 10.9 Å². The van der Waals surface area contributed by atoms with Gasteiger partial charge < -0.3 is 9.73 Å². The van der Waals surface area contributed by atoms with Crippen molar-refractivity contribution in [1.82, 2.24) is 20.5 Å². The minimum atomic E-state index is 0.208. The third-order valence-electron chi connectivity index (χ3n) is 3.10. The van der Waals surface area contributed by atoms with Crippen molar-refractivity contribution in [1.29, 1.82) is 0 Å². The van der Waals surface area contributed by atoms with Gasteiger partial charge in [0, 0.05) is 11.6 Å². The topological polar surface area (TPSA) is 76.2 Å². The zero-order valence-corrected chi connectivity index (χ0v) is 12.5. The number of hydrogen-bond acceptors (Lipinski definition) is 8. The molecule has 6 nitrogen and oxygen atoms in total. The molecule has 1 aliphatic carbocycles. The van der Waals surface area contributed by atoms with Crippen molar-refractivity contribution >= 4 is 28.9 Å². The Morgan fingerprint density at radius 1 is 1.29 bits per heavy atom. The molecule has 8 heteroatoms. The van der Waals surface area contributed by atoms with Crippen LogP contribution in [0.15, 0.2) is 50.5 Å². The molecule has 0 bridgehead atoms. The molecule has 1 N–H and O–H groups in total. The molecule has 106 valence electrons. The smallest absolute Gasteiger partial charge is 0.277 e. The summed E-state index contributed by atoms with van der Waals surface area (Å²) in [5, 5.41) is 14.6. The molecule has 0 radical (unpaired) electrons. The van der Waals surface area contributed by atoms with Crippen molar-refractivity contribution in [2.45, 2.75) is 17.3 Å². The summed E-state index contributed by atoms with van der Waals surface area (Å²) in [5.74, 6) is 2.11. The highest BCUT2D eigenvalue weighted by atomic mass is 32.2. The maximum atomic E-state index is 5.58. The zero-order valence-electron chi connectivity index (χ0n) is 10.8. The number of allylic oxidation sites excluding steroid dienone is 2. The third kappa shape index (κ3) is 2.64. The van der Waals surface area contributed by atoms with E-state index >= 15 is 0 Å². The van der Waals surface area contributed by atoms with Gasteiger partial charge in [0.1, 0.15) is 5.84 Å². The molecule has 2 unspecified atom stereocenters. The molecular weight excluding hydrogens is 306 g/mol. The molecule has 0 saturated carbocycles. The van der Waals surface area contributed by atoms with Gasteiger partial charge in [-0.2, -0.15) is 0 Å². The van der Waals surface area contributed by atoms with E-state index in [0.717, 1.165) is 10.8 Å². The first kappa shape index (κ1) is 12.8. The van der Waals surface area contributed by atoms with Crippen LogP contribution in [0.5, 0.6) is 0 Å². The van der Waals surface area contributed by atoms with E-state index in [1.54, 1.807) is 6.20 Å². The van der Waals surface area contributed by atoms with Crippen LogP contribution < -0.4 is 5.32 Å². The Kier molecular flexibility index (Phi) is 3.32. The SMILES string of the molecule is C1=CC2N=C(CSc3nnc(-c4nccs4)o3)NC2C=C1. The van der Waals surface area contributed by atoms with Crippen LogP contribution in [0, 0.1) is 0 Å². The Morgan fingerprint density at radius 3 is 3.10 bits per heavy atom. The van der Waals surface area contributed by atoms with Crippen LogP contribution in [-0.4, -0.2) is 38.9 Å². The second-order valence-electron chi connectivity index (χ2n) is 4.51. The molecule has 2 aromatic heterocycles. The fourth-order valence-corrected chi connectivity index (χ4v) is 3.36. The van der Waals surface area contributed by atoms with Crippen LogP contribution in [0.25, 0.3) is 10.9 Å². The summed E-state index contributed by atoms with van der Waals surface area (Å²) in [6.45, 7) is 0. The highest BCUT2D eigenvalue weighted by molar-refractivity contribution is 7.99. The molecule has 2 aromatic rings. The number of nitrogens with one attached hydrogen (secondary N) is 1. The predicted molar refractivity (Wildman–Crippen MR) is 82.6 cm³/mol. The second-order valence-corrected chi connectivity index (χ2v) is 6.33. The Labute approximate surface area is 129 Å². The number of thioether (sulfide) groups is 1. The molecule has 21 heavy (non-hydrogen) atoms. The summed E-state index contributed by atoms with van der Waals surface area (Å²) >= 11 is 2.95. The summed E-state index contributed by atoms with van der Waals surface area (Å²) in [4.78, 5) is 8.78. The van der Waals surface area contributed by atoms with Gasteiger partial charge in [0.15, 0.2) is 5.01 Å². The van der Waals surface area contributed by atoms with Crippen molar-refractivity contribution in [2.24, 2.45) is 4.99 Å². The van der Waals surface area contributed by atoms with Crippen molar-refractivity contribution in [2.75, 3.05) is 5.75 Å². The van der Waals surface area contributed by atoms with Crippen LogP contribution in [0.4, 0.5) is 0 Å². The van der Waals surface area contributed by atoms with Crippen LogP contribution in [-0.2, 0) is 0 Å². The largest absolute Gasteiger partial charge is 0.409 e. The highest BCUT2D eigenvalue weighted by Crippen LogP contribution is 2.25. The molecule has 2 atom stereocenters. The summed E-state index contributed by atoms with van der Waals surface area (Å²) < 4.78 is 5.58. The number of rotatable bonds is 4. The maximum Gasteiger partial charge on any atom is 0.277 e. The average Bonchev–Trinajstić information content (AvgIpc) is 3.23. The van der Waals surface area contributed by atoms with E-state index in [4.69, 9.17) is 4.42 Å². The van der Waals surface area contributed by atoms with E-state index in [-0.39, 0.29) is 12.1 Å². The molecule has 0 aromatic carbocycles. The number of aromatic nitrogens is 3. The fraction of sp³-hybridized carbons (Fsp3) is 0.231. The van der Waals surface area contributed by atoms with Gasteiger partial charge in [-0.25, -0.2) is 4.98 Å². The molecule has 0 spiro atoms. The average molecular weight is 317 g/mol. The molecule has 0 saturated heterocycles. The normalized spacial score (nSPS) is 23.0. The Bertz CT molecular complexity index is 719. The van der Waals surface area contributed by atoms with Crippen molar-refractivity contribution in [3.05, 3.63) is 35.9 Å². The summed E-state index contributed by atoms with van der Waals surface area (Å²) in [5.41, 5.74) is 0. The Hall–Kier alpha value is -1.93. The Morgan fingerprint density at radius 2 is 2.24 bits per heavy atom. The maximum absolute atomic E-state index is 5.58. The van der Waals surface area contributed by atoms with Gasteiger partial charge in [0.2, 0.25) is 0 Å². The predicted octanol–water partition coefficient (Wildman–Crippen LogP) is 2.15. The number of hydrogen-bond donors (Lipinski definition) is 1. The van der Waals surface area contributed by atoms with E-state index in [1.165, 1.54) is 23.1 Å². The van der Waals surface area contributed by atoms with Gasteiger partial charge in [-0.3, -0.25) is 4.99 Å². The first-order valence-electron chi connectivity index (χ1n) is 6.43. The minimum absolute atomic E-state index is 0.208. The first-order chi connectivity index (χ1) is 10.4. The van der Waals surface area contributed by atoms with E-state index in [1.807, 2.05) is 17.5 Å². The molecular formula is C13H11N5OS2. The van der Waals surface area contributed by atoms with Crippen molar-refractivity contribution in [3.63, 3.8) is 0 Å². The van der Waals surface area contributed by atoms with Gasteiger partial charge in [-0.1, -0.05) is 36.1 Å². The van der Waals surface area contributed by atoms with Gasteiger partial charge in [-0.15, -0.1) is 21.5 Å². The number of amidine groups is 1. The van der Waals surface area contributed by atoms with Crippen molar-refractivity contribution < 1.29 is 4.42 Å². The van der Waals surface area contributed by atoms with Gasteiger partial charge >= 0.3 is 0 Å². The summed E-state index contributed by atoms with van der Waals surface area (Å²) in [6.07, 6.45) is 10.0. The molecule has 3 heterocycles. The number of nitrogens with zero attached hydrogens (tertiary/aromatic N) is 4. The van der Waals surface area contributed by atoms with E-state index in [2.05, 4.69) is 37.6 Å². The third-order valence-corrected chi connectivity index (χ3v) is 4.69.